The topological polar surface area (TPSA) is 56.4 Å². The van der Waals surface area contributed by atoms with Crippen LogP contribution in [0.1, 0.15) is 49.4 Å². The molecule has 1 saturated carbocycles. The van der Waals surface area contributed by atoms with E-state index < -0.39 is 11.9 Å². The van der Waals surface area contributed by atoms with Gasteiger partial charge in [0, 0.05) is 23.0 Å². The monoisotopic (exact) mass is 417 g/mol. The van der Waals surface area contributed by atoms with Crippen molar-refractivity contribution in [2.75, 3.05) is 4.90 Å². The Bertz CT molecular complexity index is 1200. The van der Waals surface area contributed by atoms with Gasteiger partial charge in [-0.25, -0.2) is 14.1 Å². The largest absolute Gasteiger partial charge is 0.356 e. The Kier molecular flexibility index (Phi) is 4.16. The standard InChI is InChI=1S/C25H24FN3O2/c26-16-9-6-10-17(13-16)28-24(30)21-14-19-18-11-4-5-12-20(18)27-22(19)23(29(21)25(28)31)15-7-2-1-3-8-15/h4-6,9-13,15,21,23,27H,1-3,7-8,14H2/t21-,23+/m0/s1. The molecule has 31 heavy (non-hydrogen) atoms. The molecule has 3 amide bonds. The van der Waals surface area contributed by atoms with Crippen LogP contribution < -0.4 is 4.90 Å². The lowest BCUT2D eigenvalue weighted by molar-refractivity contribution is -0.120. The molecule has 2 aromatic carbocycles. The summed E-state index contributed by atoms with van der Waals surface area (Å²) < 4.78 is 13.9. The minimum atomic E-state index is -0.547. The fourth-order valence-electron chi connectivity index (χ4n) is 5.90. The highest BCUT2D eigenvalue weighted by molar-refractivity contribution is 6.21. The van der Waals surface area contributed by atoms with E-state index in [1.165, 1.54) is 29.5 Å². The van der Waals surface area contributed by atoms with E-state index in [4.69, 9.17) is 0 Å². The zero-order chi connectivity index (χ0) is 21.1. The molecule has 0 bridgehead atoms. The Labute approximate surface area is 179 Å². The second-order valence-corrected chi connectivity index (χ2v) is 8.97. The van der Waals surface area contributed by atoms with Crippen molar-refractivity contribution in [3.63, 3.8) is 0 Å². The van der Waals surface area contributed by atoms with Gasteiger partial charge in [-0.3, -0.25) is 4.79 Å². The second kappa shape index (κ2) is 6.94. The average Bonchev–Trinajstić information content (AvgIpc) is 3.28. The second-order valence-electron chi connectivity index (χ2n) is 8.97. The quantitative estimate of drug-likeness (QED) is 0.574. The van der Waals surface area contributed by atoms with Crippen LogP contribution in [-0.4, -0.2) is 27.9 Å². The van der Waals surface area contributed by atoms with Gasteiger partial charge in [-0.05, 0) is 48.6 Å². The van der Waals surface area contributed by atoms with Gasteiger partial charge in [0.15, 0.2) is 0 Å². The maximum Gasteiger partial charge on any atom is 0.332 e. The van der Waals surface area contributed by atoms with Gasteiger partial charge < -0.3 is 9.88 Å². The molecule has 1 saturated heterocycles. The maximum atomic E-state index is 13.9. The number of amides is 3. The lowest BCUT2D eigenvalue weighted by Gasteiger charge is -2.41. The van der Waals surface area contributed by atoms with Crippen molar-refractivity contribution in [3.05, 3.63) is 65.6 Å². The number of urea groups is 1. The van der Waals surface area contributed by atoms with Gasteiger partial charge in [0.25, 0.3) is 5.91 Å². The molecule has 3 heterocycles. The fraction of sp³-hybridized carbons (Fsp3) is 0.360. The zero-order valence-corrected chi connectivity index (χ0v) is 17.2. The summed E-state index contributed by atoms with van der Waals surface area (Å²) in [4.78, 5) is 33.7. The third-order valence-electron chi connectivity index (χ3n) is 7.26. The minimum absolute atomic E-state index is 0.156. The number of nitrogens with zero attached hydrogens (tertiary/aromatic N) is 2. The van der Waals surface area contributed by atoms with Gasteiger partial charge in [-0.2, -0.15) is 0 Å². The van der Waals surface area contributed by atoms with Crippen LogP contribution in [0.3, 0.4) is 0 Å². The number of benzene rings is 2. The number of imide groups is 1. The molecule has 6 rings (SSSR count). The highest BCUT2D eigenvalue weighted by atomic mass is 19.1. The van der Waals surface area contributed by atoms with Crippen molar-refractivity contribution < 1.29 is 14.0 Å². The molecule has 6 heteroatoms. The van der Waals surface area contributed by atoms with E-state index in [1.807, 2.05) is 12.1 Å². The number of nitrogens with one attached hydrogen (secondary N) is 1. The van der Waals surface area contributed by atoms with Crippen molar-refractivity contribution >= 4 is 28.5 Å². The number of rotatable bonds is 2. The molecular weight excluding hydrogens is 393 g/mol. The Balaban J connectivity index is 1.50. The Morgan fingerprint density at radius 3 is 2.58 bits per heavy atom. The molecule has 2 fully saturated rings. The Morgan fingerprint density at radius 1 is 0.968 bits per heavy atom. The Morgan fingerprint density at radius 2 is 1.77 bits per heavy atom. The van der Waals surface area contributed by atoms with Crippen LogP contribution >= 0.6 is 0 Å². The van der Waals surface area contributed by atoms with Crippen molar-refractivity contribution in [2.24, 2.45) is 5.92 Å². The van der Waals surface area contributed by atoms with Crippen molar-refractivity contribution in [1.29, 1.82) is 0 Å². The normalized spacial score (nSPS) is 24.0. The highest BCUT2D eigenvalue weighted by Gasteiger charge is 2.54. The van der Waals surface area contributed by atoms with Gasteiger partial charge in [0.1, 0.15) is 11.9 Å². The van der Waals surface area contributed by atoms with Gasteiger partial charge in [-0.1, -0.05) is 43.5 Å². The summed E-state index contributed by atoms with van der Waals surface area (Å²) in [6.45, 7) is 0. The third-order valence-corrected chi connectivity index (χ3v) is 7.26. The van der Waals surface area contributed by atoms with Crippen LogP contribution in [0.25, 0.3) is 10.9 Å². The number of para-hydroxylation sites is 1. The molecule has 3 aromatic rings. The molecule has 2 aliphatic heterocycles. The van der Waals surface area contributed by atoms with Gasteiger partial charge in [0.2, 0.25) is 0 Å². The predicted molar refractivity (Wildman–Crippen MR) is 116 cm³/mol. The number of H-pyrrole nitrogens is 1. The van der Waals surface area contributed by atoms with Crippen LogP contribution in [0.5, 0.6) is 0 Å². The Hall–Kier alpha value is -3.15. The SMILES string of the molecule is O=C1[C@@H]2Cc3c([nH]c4ccccc34)[C@@H](C3CCCCC3)N2C(=O)N1c1cccc(F)c1. The zero-order valence-electron chi connectivity index (χ0n) is 17.2. The van der Waals surface area contributed by atoms with Crippen LogP contribution in [0.2, 0.25) is 0 Å². The van der Waals surface area contributed by atoms with E-state index in [2.05, 4.69) is 17.1 Å². The van der Waals surface area contributed by atoms with Crippen molar-refractivity contribution in [1.82, 2.24) is 9.88 Å². The van der Waals surface area contributed by atoms with Crippen molar-refractivity contribution in [3.8, 4) is 0 Å². The lowest BCUT2D eigenvalue weighted by Crippen LogP contribution is -2.46. The van der Waals surface area contributed by atoms with Gasteiger partial charge in [-0.15, -0.1) is 0 Å². The smallest absolute Gasteiger partial charge is 0.332 e. The first-order valence-corrected chi connectivity index (χ1v) is 11.1. The number of halogens is 1. The number of fused-ring (bicyclic) bond motifs is 4. The molecule has 1 aromatic heterocycles. The first-order chi connectivity index (χ1) is 15.1. The summed E-state index contributed by atoms with van der Waals surface area (Å²) in [6.07, 6.45) is 6.08. The van der Waals surface area contributed by atoms with E-state index in [1.54, 1.807) is 11.0 Å². The number of hydrogen-bond acceptors (Lipinski definition) is 2. The van der Waals surface area contributed by atoms with Gasteiger partial charge >= 0.3 is 6.03 Å². The van der Waals surface area contributed by atoms with Crippen LogP contribution in [-0.2, 0) is 11.2 Å². The summed E-state index contributed by atoms with van der Waals surface area (Å²) in [5.41, 5.74) is 3.58. The number of aromatic amines is 1. The van der Waals surface area contributed by atoms with E-state index >= 15 is 0 Å². The summed E-state index contributed by atoms with van der Waals surface area (Å²) >= 11 is 0. The fourth-order valence-corrected chi connectivity index (χ4v) is 5.90. The van der Waals surface area contributed by atoms with E-state index in [9.17, 15) is 14.0 Å². The number of anilines is 1. The summed E-state index contributed by atoms with van der Waals surface area (Å²) in [6, 6.07) is 12.9. The van der Waals surface area contributed by atoms with E-state index in [0.717, 1.165) is 47.8 Å². The molecule has 3 aliphatic rings. The summed E-state index contributed by atoms with van der Waals surface area (Å²) in [5, 5.41) is 1.13. The molecule has 2 atom stereocenters. The first kappa shape index (κ1) is 18.6. The molecule has 0 radical (unpaired) electrons. The minimum Gasteiger partial charge on any atom is -0.356 e. The molecule has 1 N–H and O–H groups in total. The number of hydrogen-bond donors (Lipinski definition) is 1. The number of carbonyl (C=O) groups is 2. The molecule has 0 spiro atoms. The first-order valence-electron chi connectivity index (χ1n) is 11.1. The molecule has 0 unspecified atom stereocenters. The molecule has 1 aliphatic carbocycles. The highest BCUT2D eigenvalue weighted by Crippen LogP contribution is 2.48. The van der Waals surface area contributed by atoms with Gasteiger partial charge in [0.05, 0.1) is 11.7 Å². The van der Waals surface area contributed by atoms with Crippen LogP contribution in [0, 0.1) is 11.7 Å². The average molecular weight is 417 g/mol. The van der Waals surface area contributed by atoms with Crippen LogP contribution in [0.4, 0.5) is 14.9 Å². The van der Waals surface area contributed by atoms with Crippen molar-refractivity contribution in [2.45, 2.75) is 50.6 Å². The lowest BCUT2D eigenvalue weighted by atomic mass is 9.78. The molecule has 5 nitrogen and oxygen atoms in total. The molecular formula is C25H24FN3O2. The van der Waals surface area contributed by atoms with Crippen LogP contribution in [0.15, 0.2) is 48.5 Å². The summed E-state index contributed by atoms with van der Waals surface area (Å²) in [5.74, 6) is -0.400. The number of carbonyl (C=O) groups excluding carboxylic acids is 2. The summed E-state index contributed by atoms with van der Waals surface area (Å²) in [7, 11) is 0. The molecule has 158 valence electrons. The number of aromatic nitrogens is 1. The predicted octanol–water partition coefficient (Wildman–Crippen LogP) is 5.32. The third kappa shape index (κ3) is 2.74. The maximum absolute atomic E-state index is 13.9. The van der Waals surface area contributed by atoms with E-state index in [0.29, 0.717) is 18.0 Å². The van der Waals surface area contributed by atoms with E-state index in [-0.39, 0.29) is 18.0 Å².